The van der Waals surface area contributed by atoms with Gasteiger partial charge in [0.2, 0.25) is 0 Å². The van der Waals surface area contributed by atoms with Crippen LogP contribution in [0.1, 0.15) is 50.5 Å². The van der Waals surface area contributed by atoms with Gasteiger partial charge in [0.15, 0.2) is 6.29 Å². The number of nitrogens with two attached hydrogens (primary N) is 1. The molecule has 0 bridgehead atoms. The maximum Gasteiger partial charge on any atom is 0.320 e. The summed E-state index contributed by atoms with van der Waals surface area (Å²) in [5, 5.41) is 1.18. The van der Waals surface area contributed by atoms with E-state index in [1.807, 2.05) is 94.4 Å². The van der Waals surface area contributed by atoms with Gasteiger partial charge in [0.05, 0.1) is 23.7 Å². The first-order valence-corrected chi connectivity index (χ1v) is 12.9. The molecule has 4 aromatic carbocycles. The molecule has 38 heavy (non-hydrogen) atoms. The summed E-state index contributed by atoms with van der Waals surface area (Å²) in [6.45, 7) is 9.68. The Kier molecular flexibility index (Phi) is 15.5. The highest BCUT2D eigenvalue weighted by Crippen LogP contribution is 2.20. The summed E-state index contributed by atoms with van der Waals surface area (Å²) in [7, 11) is 0. The molecule has 4 nitrogen and oxygen atoms in total. The normalized spacial score (nSPS) is 8.97. The zero-order valence-corrected chi connectivity index (χ0v) is 23.0. The number of hydrogen-bond donors (Lipinski definition) is 1. The summed E-state index contributed by atoms with van der Waals surface area (Å²) >= 11 is 0. The van der Waals surface area contributed by atoms with Crippen molar-refractivity contribution in [1.29, 1.82) is 0 Å². The van der Waals surface area contributed by atoms with E-state index in [4.69, 9.17) is 10.5 Å². The smallest absolute Gasteiger partial charge is 0.320 e. The Morgan fingerprint density at radius 3 is 1.74 bits per heavy atom. The van der Waals surface area contributed by atoms with Gasteiger partial charge < -0.3 is 5.73 Å². The number of ketones is 1. The largest absolute Gasteiger partial charge is 0.398 e. The predicted molar refractivity (Wildman–Crippen MR) is 164 cm³/mol. The first-order valence-electron chi connectivity index (χ1n) is 12.9. The maximum absolute atomic E-state index is 10.1. The summed E-state index contributed by atoms with van der Waals surface area (Å²) in [4.78, 5) is 23.7. The predicted octanol–water partition coefficient (Wildman–Crippen LogP) is 8.64. The van der Waals surface area contributed by atoms with E-state index in [1.165, 1.54) is 5.39 Å². The number of para-hydroxylation sites is 2. The van der Waals surface area contributed by atoms with Crippen molar-refractivity contribution in [1.82, 2.24) is 4.98 Å². The number of carbonyl (C=O) groups is 1. The van der Waals surface area contributed by atoms with Crippen LogP contribution in [0.5, 0.6) is 0 Å². The highest BCUT2D eigenvalue weighted by molar-refractivity contribution is 5.94. The van der Waals surface area contributed by atoms with E-state index < -0.39 is 0 Å². The molecule has 0 fully saturated rings. The molecular formula is C34H39N2O2+. The molecule has 196 valence electrons. The van der Waals surface area contributed by atoms with E-state index in [-0.39, 0.29) is 0 Å². The lowest BCUT2D eigenvalue weighted by atomic mass is 10.1. The zero-order valence-electron chi connectivity index (χ0n) is 23.0. The summed E-state index contributed by atoms with van der Waals surface area (Å²) in [6, 6.07) is 39.0. The third kappa shape index (κ3) is 10.6. The SMILES string of the molecule is CC.CC.CC(=[OH+])c1ccccc1.Nc1ccccc1C=O.c1ccc(-c2ccc3ccccc3n2)cc1. The number of benzene rings is 4. The Balaban J connectivity index is 0.000000284. The molecule has 0 saturated carbocycles. The fraction of sp³-hybridized carbons (Fsp3) is 0.147. The number of nitrogens with zero attached hydrogens (tertiary/aromatic N) is 1. The number of nitrogen functional groups attached to an aromatic ring is 1. The number of pyridine rings is 1. The van der Waals surface area contributed by atoms with Crippen LogP contribution in [0, 0.1) is 0 Å². The van der Waals surface area contributed by atoms with Crippen molar-refractivity contribution in [2.45, 2.75) is 34.6 Å². The molecule has 0 aliphatic rings. The number of anilines is 1. The molecule has 3 N–H and O–H groups in total. The van der Waals surface area contributed by atoms with Crippen LogP contribution in [0.15, 0.2) is 121 Å². The molecule has 4 heteroatoms. The Labute approximate surface area is 227 Å². The standard InChI is InChI=1S/C15H11N.C8H8O.C7H7NO.2C2H6/c1-2-6-12(7-3-1)15-11-10-13-8-4-5-9-14(13)16-15;1-7(9)8-5-3-2-4-6-8;8-7-4-2-1-3-6(7)5-9;2*1-2/h1-11H;2-6H,1H3;1-5H,8H2;2*1-2H3/p+1. The number of carbonyl (C=O) groups excluding carboxylic acids is 2. The van der Waals surface area contributed by atoms with Crippen molar-refractivity contribution in [3.8, 4) is 11.3 Å². The van der Waals surface area contributed by atoms with Gasteiger partial charge in [-0.3, -0.25) is 9.59 Å². The Hall–Kier alpha value is -4.57. The second-order valence-electron chi connectivity index (χ2n) is 7.45. The number of aldehydes is 1. The van der Waals surface area contributed by atoms with E-state index in [2.05, 4.69) is 35.3 Å². The van der Waals surface area contributed by atoms with Crippen LogP contribution in [0.3, 0.4) is 0 Å². The maximum atomic E-state index is 10.1. The lowest BCUT2D eigenvalue weighted by Crippen LogP contribution is -1.90. The van der Waals surface area contributed by atoms with Gasteiger partial charge in [-0.15, -0.1) is 0 Å². The zero-order chi connectivity index (χ0) is 28.2. The average molecular weight is 508 g/mol. The van der Waals surface area contributed by atoms with Gasteiger partial charge in [0, 0.05) is 22.2 Å². The Bertz CT molecular complexity index is 1350. The van der Waals surface area contributed by atoms with Crippen LogP contribution in [-0.2, 0) is 0 Å². The van der Waals surface area contributed by atoms with E-state index in [1.54, 1.807) is 31.2 Å². The summed E-state index contributed by atoms with van der Waals surface area (Å²) in [6.07, 6.45) is 0.745. The van der Waals surface area contributed by atoms with Crippen LogP contribution in [0.2, 0.25) is 0 Å². The first-order chi connectivity index (χ1) is 18.6. The molecule has 0 radical (unpaired) electrons. The van der Waals surface area contributed by atoms with E-state index in [0.717, 1.165) is 28.6 Å². The monoisotopic (exact) mass is 507 g/mol. The van der Waals surface area contributed by atoms with Crippen LogP contribution >= 0.6 is 0 Å². The molecular weight excluding hydrogens is 468 g/mol. The molecule has 1 heterocycles. The molecule has 5 rings (SSSR count). The summed E-state index contributed by atoms with van der Waals surface area (Å²) in [5.74, 6) is 0.371. The molecule has 0 amide bonds. The number of fused-ring (bicyclic) bond motifs is 1. The first kappa shape index (κ1) is 31.5. The fourth-order valence-corrected chi connectivity index (χ4v) is 3.13. The lowest BCUT2D eigenvalue weighted by Gasteiger charge is -2.02. The molecule has 0 spiro atoms. The van der Waals surface area contributed by atoms with Crippen molar-refractivity contribution in [3.63, 3.8) is 0 Å². The van der Waals surface area contributed by atoms with Crippen molar-refractivity contribution < 1.29 is 9.59 Å². The van der Waals surface area contributed by atoms with Gasteiger partial charge in [-0.1, -0.05) is 113 Å². The highest BCUT2D eigenvalue weighted by Gasteiger charge is 2.00. The molecule has 0 aliphatic heterocycles. The van der Waals surface area contributed by atoms with Crippen LogP contribution in [0.4, 0.5) is 5.69 Å². The lowest BCUT2D eigenvalue weighted by molar-refractivity contribution is 0.112. The van der Waals surface area contributed by atoms with Crippen LogP contribution < -0.4 is 5.73 Å². The van der Waals surface area contributed by atoms with Gasteiger partial charge in [-0.05, 0) is 36.4 Å². The second-order valence-corrected chi connectivity index (χ2v) is 7.45. The van der Waals surface area contributed by atoms with Crippen molar-refractivity contribution >= 4 is 28.7 Å². The third-order valence-electron chi connectivity index (χ3n) is 4.98. The van der Waals surface area contributed by atoms with Crippen molar-refractivity contribution in [3.05, 3.63) is 132 Å². The quantitative estimate of drug-likeness (QED) is 0.115. The molecule has 1 aromatic heterocycles. The minimum atomic E-state index is 0.371. The molecule has 5 aromatic rings. The Morgan fingerprint density at radius 2 is 1.21 bits per heavy atom. The van der Waals surface area contributed by atoms with Crippen LogP contribution in [-0.4, -0.2) is 21.8 Å². The fourth-order valence-electron chi connectivity index (χ4n) is 3.13. The minimum absolute atomic E-state index is 0.371. The summed E-state index contributed by atoms with van der Waals surface area (Å²) in [5.41, 5.74) is 10.6. The third-order valence-corrected chi connectivity index (χ3v) is 4.98. The van der Waals surface area contributed by atoms with Crippen molar-refractivity contribution in [2.24, 2.45) is 0 Å². The molecule has 0 aliphatic carbocycles. The molecule has 0 saturated heterocycles. The van der Waals surface area contributed by atoms with Gasteiger partial charge in [-0.2, -0.15) is 0 Å². The van der Waals surface area contributed by atoms with E-state index in [9.17, 15) is 4.79 Å². The second kappa shape index (κ2) is 18.7. The van der Waals surface area contributed by atoms with Crippen molar-refractivity contribution in [2.75, 3.05) is 5.73 Å². The number of aromatic nitrogens is 1. The van der Waals surface area contributed by atoms with E-state index in [0.29, 0.717) is 17.0 Å². The average Bonchev–Trinajstić information content (AvgIpc) is 3.01. The number of hydrogen-bond acceptors (Lipinski definition) is 3. The highest BCUT2D eigenvalue weighted by atomic mass is 16.1. The molecule has 0 unspecified atom stereocenters. The topological polar surface area (TPSA) is 77.4 Å². The van der Waals surface area contributed by atoms with Crippen LogP contribution in [0.25, 0.3) is 22.2 Å². The van der Waals surface area contributed by atoms with Gasteiger partial charge >= 0.3 is 5.78 Å². The summed E-state index contributed by atoms with van der Waals surface area (Å²) < 4.78 is 0. The number of rotatable bonds is 3. The van der Waals surface area contributed by atoms with Gasteiger partial charge in [0.25, 0.3) is 0 Å². The van der Waals surface area contributed by atoms with Gasteiger partial charge in [-0.25, -0.2) is 4.98 Å². The van der Waals surface area contributed by atoms with Gasteiger partial charge in [0.1, 0.15) is 0 Å². The Morgan fingerprint density at radius 1 is 0.684 bits per heavy atom. The molecule has 0 atom stereocenters. The van der Waals surface area contributed by atoms with E-state index >= 15 is 0 Å². The minimum Gasteiger partial charge on any atom is -0.398 e.